The van der Waals surface area contributed by atoms with Gasteiger partial charge in [0.05, 0.1) is 4.90 Å². The molecule has 1 aromatic rings. The van der Waals surface area contributed by atoms with Gasteiger partial charge in [-0.2, -0.15) is 0 Å². The van der Waals surface area contributed by atoms with Gasteiger partial charge in [0, 0.05) is 18.5 Å². The zero-order valence-corrected chi connectivity index (χ0v) is 10.8. The Morgan fingerprint density at radius 2 is 1.74 bits per heavy atom. The molecule has 1 amide bonds. The van der Waals surface area contributed by atoms with Crippen LogP contribution < -0.4 is 10.5 Å². The van der Waals surface area contributed by atoms with Gasteiger partial charge in [-0.25, -0.2) is 13.1 Å². The van der Waals surface area contributed by atoms with Gasteiger partial charge in [0.2, 0.25) is 5.91 Å². The third-order valence-corrected chi connectivity index (χ3v) is 3.62. The van der Waals surface area contributed by atoms with E-state index in [0.717, 1.165) is 0 Å². The van der Waals surface area contributed by atoms with E-state index in [1.807, 2.05) is 4.72 Å². The van der Waals surface area contributed by atoms with Crippen LogP contribution in [-0.2, 0) is 19.6 Å². The molecule has 0 bridgehead atoms. The number of anilines is 1. The van der Waals surface area contributed by atoms with Gasteiger partial charge >= 0.3 is 5.97 Å². The highest BCUT2D eigenvalue weighted by Crippen LogP contribution is 2.11. The van der Waals surface area contributed by atoms with Gasteiger partial charge in [0.1, 0.15) is 0 Å². The largest absolute Gasteiger partial charge is 0.481 e. The lowest BCUT2D eigenvalue weighted by Gasteiger charge is -2.06. The first-order chi connectivity index (χ1) is 8.81. The number of nitrogens with two attached hydrogens (primary N) is 1. The summed E-state index contributed by atoms with van der Waals surface area (Å²) in [6, 6.07) is 5.37. The lowest BCUT2D eigenvalue weighted by Crippen LogP contribution is -2.30. The fourth-order valence-electron chi connectivity index (χ4n) is 1.31. The van der Waals surface area contributed by atoms with Crippen LogP contribution in [0.15, 0.2) is 29.2 Å². The molecule has 1 rings (SSSR count). The Morgan fingerprint density at radius 3 is 2.26 bits per heavy atom. The summed E-state index contributed by atoms with van der Waals surface area (Å²) < 4.78 is 25.4. The van der Waals surface area contributed by atoms with Gasteiger partial charge < -0.3 is 10.8 Å². The lowest BCUT2D eigenvalue weighted by molar-refractivity contribution is -0.137. The molecular formula is C11H14N2O5S. The number of benzene rings is 1. The Labute approximate surface area is 110 Å². The summed E-state index contributed by atoms with van der Waals surface area (Å²) in [5.74, 6) is -1.77. The Morgan fingerprint density at radius 1 is 1.16 bits per heavy atom. The molecule has 0 spiro atoms. The number of hydrogen-bond acceptors (Lipinski definition) is 5. The van der Waals surface area contributed by atoms with E-state index in [0.29, 0.717) is 5.69 Å². The number of carbonyl (C=O) groups is 2. The smallest absolute Gasteiger partial charge is 0.303 e. The molecular weight excluding hydrogens is 272 g/mol. The van der Waals surface area contributed by atoms with Crippen LogP contribution in [0.25, 0.3) is 0 Å². The Kier molecular flexibility index (Phi) is 4.87. The second kappa shape index (κ2) is 6.19. The van der Waals surface area contributed by atoms with Crippen molar-refractivity contribution in [2.75, 3.05) is 5.73 Å². The molecule has 1 aromatic carbocycles. The number of carboxylic acid groups (broad SMARTS) is 1. The van der Waals surface area contributed by atoms with Gasteiger partial charge in [-0.05, 0) is 30.7 Å². The normalized spacial score (nSPS) is 10.9. The summed E-state index contributed by atoms with van der Waals surface area (Å²) in [5.41, 5.74) is 5.84. The highest BCUT2D eigenvalue weighted by atomic mass is 32.2. The van der Waals surface area contributed by atoms with Crippen LogP contribution in [0.1, 0.15) is 19.3 Å². The summed E-state index contributed by atoms with van der Waals surface area (Å²) in [6.45, 7) is 0. The van der Waals surface area contributed by atoms with Gasteiger partial charge in [-0.1, -0.05) is 0 Å². The first-order valence-corrected chi connectivity index (χ1v) is 6.92. The van der Waals surface area contributed by atoms with Crippen molar-refractivity contribution in [2.45, 2.75) is 24.2 Å². The number of nitrogen functional groups attached to an aromatic ring is 1. The predicted molar refractivity (Wildman–Crippen MR) is 67.7 cm³/mol. The van der Waals surface area contributed by atoms with Gasteiger partial charge in [-0.3, -0.25) is 9.59 Å². The van der Waals surface area contributed by atoms with E-state index < -0.39 is 21.9 Å². The first-order valence-electron chi connectivity index (χ1n) is 5.44. The van der Waals surface area contributed by atoms with E-state index in [2.05, 4.69) is 0 Å². The van der Waals surface area contributed by atoms with Crippen molar-refractivity contribution in [1.29, 1.82) is 0 Å². The average molecular weight is 286 g/mol. The quantitative estimate of drug-likeness (QED) is 0.647. The topological polar surface area (TPSA) is 127 Å². The summed E-state index contributed by atoms with van der Waals surface area (Å²) in [4.78, 5) is 21.6. The molecule has 0 aliphatic carbocycles. The molecule has 0 radical (unpaired) electrons. The fourth-order valence-corrected chi connectivity index (χ4v) is 2.32. The number of sulfonamides is 1. The Hall–Kier alpha value is -2.09. The van der Waals surface area contributed by atoms with E-state index in [4.69, 9.17) is 10.8 Å². The Balaban J connectivity index is 2.62. The third-order valence-electron chi connectivity index (χ3n) is 2.23. The highest BCUT2D eigenvalue weighted by Gasteiger charge is 2.17. The number of amides is 1. The molecule has 0 unspecified atom stereocenters. The maximum atomic E-state index is 11.8. The summed E-state index contributed by atoms with van der Waals surface area (Å²) in [6.07, 6.45) is -0.270. The highest BCUT2D eigenvalue weighted by molar-refractivity contribution is 7.90. The molecule has 0 atom stereocenters. The average Bonchev–Trinajstić information content (AvgIpc) is 2.28. The van der Waals surface area contributed by atoms with Crippen molar-refractivity contribution in [3.8, 4) is 0 Å². The van der Waals surface area contributed by atoms with Crippen LogP contribution in [-0.4, -0.2) is 25.4 Å². The molecule has 0 fully saturated rings. The van der Waals surface area contributed by atoms with Crippen LogP contribution in [0.3, 0.4) is 0 Å². The van der Waals surface area contributed by atoms with Crippen LogP contribution in [0.4, 0.5) is 5.69 Å². The molecule has 0 heterocycles. The van der Waals surface area contributed by atoms with Crippen molar-refractivity contribution in [3.05, 3.63) is 24.3 Å². The number of carboxylic acids is 1. The van der Waals surface area contributed by atoms with Crippen LogP contribution in [0.2, 0.25) is 0 Å². The zero-order chi connectivity index (χ0) is 14.5. The van der Waals surface area contributed by atoms with Crippen LogP contribution >= 0.6 is 0 Å². The van der Waals surface area contributed by atoms with Crippen molar-refractivity contribution < 1.29 is 23.1 Å². The molecule has 0 aliphatic heterocycles. The molecule has 0 saturated carbocycles. The molecule has 4 N–H and O–H groups in total. The maximum absolute atomic E-state index is 11.8. The van der Waals surface area contributed by atoms with Crippen molar-refractivity contribution in [2.24, 2.45) is 0 Å². The van der Waals surface area contributed by atoms with E-state index in [1.54, 1.807) is 0 Å². The lowest BCUT2D eigenvalue weighted by atomic mass is 10.2. The van der Waals surface area contributed by atoms with Gasteiger partial charge in [0.15, 0.2) is 0 Å². The second-order valence-corrected chi connectivity index (χ2v) is 5.53. The molecule has 0 saturated heterocycles. The van der Waals surface area contributed by atoms with Gasteiger partial charge in [0.25, 0.3) is 10.0 Å². The minimum absolute atomic E-state index is 0.0757. The summed E-state index contributed by atoms with van der Waals surface area (Å²) in [7, 11) is -3.93. The van der Waals surface area contributed by atoms with Crippen LogP contribution in [0.5, 0.6) is 0 Å². The van der Waals surface area contributed by atoms with Crippen LogP contribution in [0, 0.1) is 0 Å². The molecule has 104 valence electrons. The first kappa shape index (κ1) is 15.0. The molecule has 0 aromatic heterocycles. The number of carbonyl (C=O) groups excluding carboxylic acids is 1. The second-order valence-electron chi connectivity index (χ2n) is 3.85. The van der Waals surface area contributed by atoms with Crippen molar-refractivity contribution >= 4 is 27.6 Å². The minimum atomic E-state index is -3.93. The minimum Gasteiger partial charge on any atom is -0.481 e. The number of aliphatic carboxylic acids is 1. The standard InChI is InChI=1S/C11H14N2O5S/c12-8-4-6-9(7-5-8)19(17,18)13-10(14)2-1-3-11(15)16/h4-7H,1-3,12H2,(H,13,14)(H,15,16). The molecule has 0 aliphatic rings. The van der Waals surface area contributed by atoms with E-state index in [9.17, 15) is 18.0 Å². The summed E-state index contributed by atoms with van der Waals surface area (Å²) >= 11 is 0. The Bertz CT molecular complexity index is 565. The van der Waals surface area contributed by atoms with E-state index in [1.165, 1.54) is 24.3 Å². The maximum Gasteiger partial charge on any atom is 0.303 e. The number of nitrogens with one attached hydrogen (secondary N) is 1. The SMILES string of the molecule is Nc1ccc(S(=O)(=O)NC(=O)CCCC(=O)O)cc1. The van der Waals surface area contributed by atoms with E-state index >= 15 is 0 Å². The number of rotatable bonds is 6. The third kappa shape index (κ3) is 4.96. The van der Waals surface area contributed by atoms with E-state index in [-0.39, 0.29) is 24.2 Å². The zero-order valence-electron chi connectivity index (χ0n) is 10.00. The molecule has 7 nitrogen and oxygen atoms in total. The monoisotopic (exact) mass is 286 g/mol. The van der Waals surface area contributed by atoms with Crippen molar-refractivity contribution in [1.82, 2.24) is 4.72 Å². The van der Waals surface area contributed by atoms with Crippen molar-refractivity contribution in [3.63, 3.8) is 0 Å². The number of hydrogen-bond donors (Lipinski definition) is 3. The predicted octanol–water partition coefficient (Wildman–Crippen LogP) is 0.329. The molecule has 19 heavy (non-hydrogen) atoms. The van der Waals surface area contributed by atoms with Gasteiger partial charge in [-0.15, -0.1) is 0 Å². The molecule has 8 heteroatoms. The summed E-state index contributed by atoms with van der Waals surface area (Å²) in [5, 5.41) is 8.40. The fraction of sp³-hybridized carbons (Fsp3) is 0.273.